The molecule has 3 N–H and O–H groups in total. The van der Waals surface area contributed by atoms with Gasteiger partial charge in [0.05, 0.1) is 18.6 Å². The van der Waals surface area contributed by atoms with Gasteiger partial charge in [0.1, 0.15) is 11.6 Å². The van der Waals surface area contributed by atoms with E-state index in [-0.39, 0.29) is 48.7 Å². The zero-order valence-electron chi connectivity index (χ0n) is 19.9. The number of amides is 1. The van der Waals surface area contributed by atoms with Crippen LogP contribution in [0.2, 0.25) is 0 Å². The lowest BCUT2D eigenvalue weighted by Gasteiger charge is -2.14. The van der Waals surface area contributed by atoms with Crippen LogP contribution in [0, 0.1) is 6.92 Å². The lowest BCUT2D eigenvalue weighted by molar-refractivity contribution is -0.119. The van der Waals surface area contributed by atoms with Crippen molar-refractivity contribution in [3.8, 4) is 0 Å². The number of carbonyl (C=O) groups is 3. The summed E-state index contributed by atoms with van der Waals surface area (Å²) in [5.74, 6) is -0.0177. The molecule has 1 amide bonds. The van der Waals surface area contributed by atoms with Gasteiger partial charge in [0.25, 0.3) is 0 Å². The quantitative estimate of drug-likeness (QED) is 0.390. The predicted octanol–water partition coefficient (Wildman–Crippen LogP) is 4.50. The largest absolute Gasteiger partial charge is 0.462 e. The SMILES string of the molecule is CC(NC(=O)Cc1cnc(C)nc1N)=C(CCOC(=O)c1ccccc1)SC(=O)c1ccccc1.Cl. The minimum Gasteiger partial charge on any atom is -0.462 e. The fourth-order valence-corrected chi connectivity index (χ4v) is 3.97. The van der Waals surface area contributed by atoms with Gasteiger partial charge < -0.3 is 15.8 Å². The second-order valence-corrected chi connectivity index (χ2v) is 8.68. The van der Waals surface area contributed by atoms with Crippen molar-refractivity contribution in [3.05, 3.63) is 100.0 Å². The molecule has 0 atom stereocenters. The van der Waals surface area contributed by atoms with Crippen molar-refractivity contribution in [3.63, 3.8) is 0 Å². The van der Waals surface area contributed by atoms with Gasteiger partial charge in [-0.3, -0.25) is 9.59 Å². The number of esters is 1. The van der Waals surface area contributed by atoms with Gasteiger partial charge >= 0.3 is 5.97 Å². The number of halogens is 1. The molecule has 1 heterocycles. The number of hydrogen-bond acceptors (Lipinski definition) is 8. The number of nitrogens with one attached hydrogen (secondary N) is 1. The maximum atomic E-state index is 12.8. The highest BCUT2D eigenvalue weighted by molar-refractivity contribution is 8.17. The van der Waals surface area contributed by atoms with Gasteiger partial charge in [0.2, 0.25) is 11.0 Å². The van der Waals surface area contributed by atoms with E-state index in [4.69, 9.17) is 10.5 Å². The normalized spacial score (nSPS) is 11.1. The molecule has 0 saturated carbocycles. The number of nitrogen functional groups attached to an aromatic ring is 1. The molecule has 0 aliphatic carbocycles. The first-order valence-corrected chi connectivity index (χ1v) is 11.7. The lowest BCUT2D eigenvalue weighted by Crippen LogP contribution is -2.25. The third-order valence-corrected chi connectivity index (χ3v) is 6.09. The van der Waals surface area contributed by atoms with Crippen molar-refractivity contribution in [2.75, 3.05) is 12.3 Å². The third kappa shape index (κ3) is 8.51. The Kier molecular flexibility index (Phi) is 11.1. The predicted molar refractivity (Wildman–Crippen MR) is 143 cm³/mol. The van der Waals surface area contributed by atoms with Crippen LogP contribution in [-0.2, 0) is 16.0 Å². The molecule has 3 rings (SSSR count). The molecule has 3 aromatic rings. The van der Waals surface area contributed by atoms with Crippen LogP contribution in [0.5, 0.6) is 0 Å². The molecule has 2 aromatic carbocycles. The van der Waals surface area contributed by atoms with Crippen LogP contribution in [0.25, 0.3) is 0 Å². The Balaban J connectivity index is 0.00000456. The van der Waals surface area contributed by atoms with Crippen molar-refractivity contribution in [2.24, 2.45) is 0 Å². The first-order valence-electron chi connectivity index (χ1n) is 10.9. The van der Waals surface area contributed by atoms with Crippen molar-refractivity contribution in [2.45, 2.75) is 26.7 Å². The van der Waals surface area contributed by atoms with Gasteiger partial charge in [-0.1, -0.05) is 48.5 Å². The molecule has 0 radical (unpaired) electrons. The molecule has 0 saturated heterocycles. The number of anilines is 1. The number of ether oxygens (including phenoxy) is 1. The second-order valence-electron chi connectivity index (χ2n) is 7.61. The zero-order valence-corrected chi connectivity index (χ0v) is 21.5. The number of aromatic nitrogens is 2. The highest BCUT2D eigenvalue weighted by Gasteiger charge is 2.16. The van der Waals surface area contributed by atoms with E-state index in [1.807, 2.05) is 12.1 Å². The Morgan fingerprint density at radius 3 is 2.22 bits per heavy atom. The maximum Gasteiger partial charge on any atom is 0.338 e. The average molecular weight is 527 g/mol. The molecule has 0 aliphatic rings. The van der Waals surface area contributed by atoms with Gasteiger partial charge in [-0.05, 0) is 37.7 Å². The Morgan fingerprint density at radius 2 is 1.61 bits per heavy atom. The summed E-state index contributed by atoms with van der Waals surface area (Å²) in [6.07, 6.45) is 1.76. The highest BCUT2D eigenvalue weighted by Crippen LogP contribution is 2.27. The number of aryl methyl sites for hydroxylation is 1. The van der Waals surface area contributed by atoms with E-state index in [0.29, 0.717) is 33.1 Å². The Morgan fingerprint density at radius 1 is 1.00 bits per heavy atom. The van der Waals surface area contributed by atoms with Crippen molar-refractivity contribution in [1.82, 2.24) is 15.3 Å². The molecule has 0 aliphatic heterocycles. The standard InChI is InChI=1S/C26H26N4O4S.ClH/c1-17(29-23(31)15-21-16-28-18(2)30-24(21)27)22(35-26(33)20-11-7-4-8-12-20)13-14-34-25(32)19-9-5-3-6-10-19;/h3-12,16H,13-15H2,1-2H3,(H,29,31)(H2,27,28,30);1H. The Labute approximate surface area is 220 Å². The fourth-order valence-electron chi connectivity index (χ4n) is 3.10. The van der Waals surface area contributed by atoms with Crippen LogP contribution in [0.1, 0.15) is 45.4 Å². The summed E-state index contributed by atoms with van der Waals surface area (Å²) in [6.45, 7) is 3.46. The summed E-state index contributed by atoms with van der Waals surface area (Å²) in [5.41, 5.74) is 7.86. The minimum atomic E-state index is -0.458. The van der Waals surface area contributed by atoms with Gasteiger partial charge in [-0.15, -0.1) is 12.4 Å². The Hall–Kier alpha value is -3.69. The number of thioether (sulfide) groups is 1. The summed E-state index contributed by atoms with van der Waals surface area (Å²) < 4.78 is 5.38. The monoisotopic (exact) mass is 526 g/mol. The summed E-state index contributed by atoms with van der Waals surface area (Å²) in [4.78, 5) is 46.5. The highest BCUT2D eigenvalue weighted by atomic mass is 35.5. The van der Waals surface area contributed by atoms with E-state index in [1.54, 1.807) is 62.4 Å². The number of rotatable bonds is 9. The van der Waals surface area contributed by atoms with E-state index in [1.165, 1.54) is 6.20 Å². The van der Waals surface area contributed by atoms with E-state index in [9.17, 15) is 14.4 Å². The molecule has 1 aromatic heterocycles. The van der Waals surface area contributed by atoms with Gasteiger partial charge in [0.15, 0.2) is 0 Å². The number of nitrogens with two attached hydrogens (primary N) is 1. The molecule has 10 heteroatoms. The topological polar surface area (TPSA) is 124 Å². The fraction of sp³-hybridized carbons (Fsp3) is 0.192. The molecule has 188 valence electrons. The minimum absolute atomic E-state index is 0. The lowest BCUT2D eigenvalue weighted by atomic mass is 10.2. The van der Waals surface area contributed by atoms with Crippen LogP contribution in [0.3, 0.4) is 0 Å². The second kappa shape index (κ2) is 14.0. The zero-order chi connectivity index (χ0) is 25.2. The molecule has 0 unspecified atom stereocenters. The summed E-state index contributed by atoms with van der Waals surface area (Å²) in [6, 6.07) is 17.5. The molecule has 0 fully saturated rings. The smallest absolute Gasteiger partial charge is 0.338 e. The first kappa shape index (κ1) is 28.5. The molecule has 36 heavy (non-hydrogen) atoms. The molecule has 0 bridgehead atoms. The van der Waals surface area contributed by atoms with Gasteiger partial charge in [-0.25, -0.2) is 14.8 Å². The molecule has 8 nitrogen and oxygen atoms in total. The number of benzene rings is 2. The summed E-state index contributed by atoms with van der Waals surface area (Å²) >= 11 is 0.992. The Bertz CT molecular complexity index is 1240. The van der Waals surface area contributed by atoms with E-state index in [0.717, 1.165) is 11.8 Å². The number of hydrogen-bond donors (Lipinski definition) is 2. The van der Waals surface area contributed by atoms with Crippen LogP contribution in [0.15, 0.2) is 77.5 Å². The van der Waals surface area contributed by atoms with Crippen LogP contribution in [-0.4, -0.2) is 33.6 Å². The van der Waals surface area contributed by atoms with Gasteiger partial charge in [0, 0.05) is 34.3 Å². The van der Waals surface area contributed by atoms with Crippen molar-refractivity contribution < 1.29 is 19.1 Å². The number of nitrogens with zero attached hydrogens (tertiary/aromatic N) is 2. The molecule has 0 spiro atoms. The molecular weight excluding hydrogens is 500 g/mol. The van der Waals surface area contributed by atoms with Gasteiger partial charge in [-0.2, -0.15) is 0 Å². The van der Waals surface area contributed by atoms with Crippen LogP contribution >= 0.6 is 24.2 Å². The average Bonchev–Trinajstić information content (AvgIpc) is 2.86. The number of carbonyl (C=O) groups excluding carboxylic acids is 3. The van der Waals surface area contributed by atoms with Crippen molar-refractivity contribution >= 4 is 47.0 Å². The van der Waals surface area contributed by atoms with Crippen LogP contribution < -0.4 is 11.1 Å². The first-order chi connectivity index (χ1) is 16.8. The molecular formula is C26H27ClN4O4S. The number of allylic oxidation sites excluding steroid dienone is 1. The van der Waals surface area contributed by atoms with Crippen LogP contribution in [0.4, 0.5) is 5.82 Å². The van der Waals surface area contributed by atoms with E-state index < -0.39 is 5.97 Å². The van der Waals surface area contributed by atoms with E-state index >= 15 is 0 Å². The third-order valence-electron chi connectivity index (χ3n) is 4.91. The van der Waals surface area contributed by atoms with E-state index in [2.05, 4.69) is 15.3 Å². The van der Waals surface area contributed by atoms with Crippen molar-refractivity contribution in [1.29, 1.82) is 0 Å². The summed E-state index contributed by atoms with van der Waals surface area (Å²) in [5, 5.41) is 2.63. The maximum absolute atomic E-state index is 12.8. The summed E-state index contributed by atoms with van der Waals surface area (Å²) in [7, 11) is 0.